The second-order valence-electron chi connectivity index (χ2n) is 19.4. The van der Waals surface area contributed by atoms with E-state index in [9.17, 15) is 0 Å². The Morgan fingerprint density at radius 1 is 0.299 bits per heavy atom. The lowest BCUT2D eigenvalue weighted by Gasteiger charge is -2.50. The van der Waals surface area contributed by atoms with E-state index in [-0.39, 0.29) is 20.1 Å². The molecule has 19 rings (SSSR count). The molecule has 0 spiro atoms. The van der Waals surface area contributed by atoms with Crippen molar-refractivity contribution in [3.05, 3.63) is 176 Å². The van der Waals surface area contributed by atoms with Gasteiger partial charge in [0, 0.05) is 96.4 Å². The molecule has 13 aromatic rings. The highest BCUT2D eigenvalue weighted by molar-refractivity contribution is 7.34. The van der Waals surface area contributed by atoms with Gasteiger partial charge in [0.25, 0.3) is 20.1 Å². The molecule has 6 aliphatic heterocycles. The van der Waals surface area contributed by atoms with Crippen molar-refractivity contribution in [2.24, 2.45) is 0 Å². The second-order valence-corrected chi connectivity index (χ2v) is 21.5. The first kappa shape index (κ1) is 33.7. The van der Waals surface area contributed by atoms with Gasteiger partial charge in [-0.3, -0.25) is 0 Å². The number of benzene rings is 9. The van der Waals surface area contributed by atoms with E-state index in [4.69, 9.17) is 0 Å². The number of nitrogens with zero attached hydrogens (tertiary/aromatic N) is 4. The Balaban J connectivity index is 0.989. The molecule has 4 aromatic heterocycles. The molecule has 302 valence electrons. The number of para-hydroxylation sites is 4. The molecule has 4 nitrogen and oxygen atoms in total. The number of fused-ring (bicyclic) bond motifs is 24. The van der Waals surface area contributed by atoms with Crippen LogP contribution in [0.5, 0.6) is 0 Å². The zero-order valence-corrected chi connectivity index (χ0v) is 37.2. The van der Waals surface area contributed by atoms with Crippen LogP contribution in [0.2, 0.25) is 0 Å². The van der Waals surface area contributed by atoms with Crippen molar-refractivity contribution in [2.75, 3.05) is 9.80 Å². The monoisotopic (exact) mass is 878 g/mol. The van der Waals surface area contributed by atoms with Crippen molar-refractivity contribution in [2.45, 2.75) is 0 Å². The predicted octanol–water partition coefficient (Wildman–Crippen LogP) is 8.68. The lowest BCUT2D eigenvalue weighted by molar-refractivity contribution is 1.18. The van der Waals surface area contributed by atoms with E-state index in [0.29, 0.717) is 0 Å². The highest BCUT2D eigenvalue weighted by Gasteiger charge is 2.54. The summed E-state index contributed by atoms with van der Waals surface area (Å²) >= 11 is 3.99. The largest absolute Gasteiger partial charge is 0.311 e. The molecule has 0 N–H and O–H groups in total. The van der Waals surface area contributed by atoms with E-state index in [1.165, 1.54) is 157 Å². The average Bonchev–Trinajstić information content (AvgIpc) is 4.14. The SMILES string of the molecule is c1cc2c3c(c1)N1c4c(ccc5c4B(c4sc6ccccc6c41)c1cccc4c6ccccc6n-5c14)B3c1ccc3c4c1N2c1c(sc2ccccc12)B4c1cccc2c4ccccc4n-3c12. The lowest BCUT2D eigenvalue weighted by Crippen LogP contribution is -2.70. The van der Waals surface area contributed by atoms with Crippen molar-refractivity contribution < 1.29 is 0 Å². The second kappa shape index (κ2) is 11.1. The molecule has 67 heavy (non-hydrogen) atoms. The Labute approximate surface area is 392 Å². The molecular formula is C58H29B3N4S2. The van der Waals surface area contributed by atoms with Gasteiger partial charge < -0.3 is 18.9 Å². The molecule has 0 fully saturated rings. The summed E-state index contributed by atoms with van der Waals surface area (Å²) in [6.07, 6.45) is 0. The summed E-state index contributed by atoms with van der Waals surface area (Å²) < 4.78 is 10.8. The van der Waals surface area contributed by atoms with Crippen LogP contribution in [0.25, 0.3) is 75.2 Å². The van der Waals surface area contributed by atoms with Crippen LogP contribution >= 0.6 is 22.7 Å². The van der Waals surface area contributed by atoms with Crippen LogP contribution in [-0.4, -0.2) is 29.3 Å². The molecule has 6 aliphatic rings. The third-order valence-electron chi connectivity index (χ3n) is 16.6. The summed E-state index contributed by atoms with van der Waals surface area (Å²) in [6.45, 7) is 0.229. The number of hydrogen-bond donors (Lipinski definition) is 0. The predicted molar refractivity (Wildman–Crippen MR) is 289 cm³/mol. The molecule has 10 heterocycles. The fraction of sp³-hybridized carbons (Fsp3) is 0. The van der Waals surface area contributed by atoms with E-state index in [1.54, 1.807) is 0 Å². The first-order valence-corrected chi connectivity index (χ1v) is 25.1. The van der Waals surface area contributed by atoms with Crippen molar-refractivity contribution in [3.8, 4) is 11.4 Å². The molecule has 0 saturated heterocycles. The van der Waals surface area contributed by atoms with Crippen LogP contribution in [0, 0.1) is 0 Å². The van der Waals surface area contributed by atoms with Gasteiger partial charge in [-0.2, -0.15) is 0 Å². The van der Waals surface area contributed by atoms with Gasteiger partial charge in [-0.05, 0) is 86.8 Å². The molecule has 9 heteroatoms. The maximum atomic E-state index is 2.73. The molecule has 0 unspecified atom stereocenters. The third-order valence-corrected chi connectivity index (χ3v) is 19.1. The summed E-state index contributed by atoms with van der Waals surface area (Å²) in [5.41, 5.74) is 25.7. The van der Waals surface area contributed by atoms with Gasteiger partial charge in [0.2, 0.25) is 0 Å². The van der Waals surface area contributed by atoms with E-state index >= 15 is 0 Å². The summed E-state index contributed by atoms with van der Waals surface area (Å²) in [5.74, 6) is 0. The lowest BCUT2D eigenvalue weighted by atomic mass is 9.28. The van der Waals surface area contributed by atoms with Crippen molar-refractivity contribution >= 4 is 189 Å². The van der Waals surface area contributed by atoms with E-state index in [0.717, 1.165) is 0 Å². The quantitative estimate of drug-likeness (QED) is 0.142. The number of anilines is 6. The molecule has 0 aliphatic carbocycles. The molecule has 0 bridgehead atoms. The number of rotatable bonds is 0. The Kier molecular flexibility index (Phi) is 5.59. The minimum Gasteiger partial charge on any atom is -0.311 e. The summed E-state index contributed by atoms with van der Waals surface area (Å²) in [4.78, 5) is 5.46. The van der Waals surface area contributed by atoms with Gasteiger partial charge in [0.05, 0.1) is 22.4 Å². The van der Waals surface area contributed by atoms with Crippen molar-refractivity contribution in [1.82, 2.24) is 9.13 Å². The third kappa shape index (κ3) is 3.54. The summed E-state index contributed by atoms with van der Waals surface area (Å²) in [5, 5.41) is 7.97. The van der Waals surface area contributed by atoms with Crippen LogP contribution < -0.4 is 57.6 Å². The highest BCUT2D eigenvalue weighted by atomic mass is 32.1. The topological polar surface area (TPSA) is 16.3 Å². The molecule has 0 radical (unpaired) electrons. The molecule has 9 aromatic carbocycles. The average molecular weight is 878 g/mol. The van der Waals surface area contributed by atoms with Crippen molar-refractivity contribution in [1.29, 1.82) is 0 Å². The van der Waals surface area contributed by atoms with E-state index in [1.807, 2.05) is 22.7 Å². The van der Waals surface area contributed by atoms with Gasteiger partial charge >= 0.3 is 0 Å². The zero-order valence-electron chi connectivity index (χ0n) is 35.6. The maximum Gasteiger partial charge on any atom is 0.264 e. The fourth-order valence-corrected chi connectivity index (χ4v) is 17.1. The summed E-state index contributed by atoms with van der Waals surface area (Å²) in [7, 11) is 0. The fourth-order valence-electron chi connectivity index (χ4n) is 14.4. The van der Waals surface area contributed by atoms with Crippen LogP contribution in [-0.2, 0) is 0 Å². The van der Waals surface area contributed by atoms with E-state index in [2.05, 4.69) is 195 Å². The van der Waals surface area contributed by atoms with Crippen LogP contribution in [0.15, 0.2) is 176 Å². The Hall–Kier alpha value is -7.71. The highest BCUT2D eigenvalue weighted by Crippen LogP contribution is 2.52. The van der Waals surface area contributed by atoms with Gasteiger partial charge in [-0.25, -0.2) is 0 Å². The minimum absolute atomic E-state index is 0.0238. The number of thiophene rings is 2. The maximum absolute atomic E-state index is 2.73. The Bertz CT molecular complexity index is 4310. The van der Waals surface area contributed by atoms with Gasteiger partial charge in [0.15, 0.2) is 0 Å². The van der Waals surface area contributed by atoms with Gasteiger partial charge in [0.1, 0.15) is 0 Å². The van der Waals surface area contributed by atoms with Crippen LogP contribution in [0.4, 0.5) is 34.1 Å². The zero-order chi connectivity index (χ0) is 42.7. The minimum atomic E-state index is 0.0238. The molecular weight excluding hydrogens is 849 g/mol. The Morgan fingerprint density at radius 2 is 0.731 bits per heavy atom. The normalized spacial score (nSPS) is 14.7. The first-order valence-electron chi connectivity index (χ1n) is 23.5. The number of hydrogen-bond acceptors (Lipinski definition) is 4. The smallest absolute Gasteiger partial charge is 0.264 e. The molecule has 0 amide bonds. The first-order chi connectivity index (χ1) is 33.3. The van der Waals surface area contributed by atoms with Crippen LogP contribution in [0.3, 0.4) is 0 Å². The Morgan fingerprint density at radius 3 is 1.24 bits per heavy atom. The van der Waals surface area contributed by atoms with Gasteiger partial charge in [-0.1, -0.05) is 127 Å². The van der Waals surface area contributed by atoms with Crippen LogP contribution in [0.1, 0.15) is 0 Å². The standard InChI is InChI=1S/C58H29B3N4S2/c1-5-20-40-30(12-1)32-16-9-18-36-51(32)62(40)44-28-26-38-55-49(44)60(36)57-53(34-14-3-7-24-46(34)66-57)64(55)42-22-11-23-43-48(42)59(38)39-27-29-45-50-56(39)65(43)54-35-15-4-8-25-47(35)67-58(54)61(50)37-19-10-17-33-31-13-2-6-21-41(31)63(45)52(33)37/h1-29H. The molecule has 0 atom stereocenters. The van der Waals surface area contributed by atoms with E-state index < -0.39 is 0 Å². The molecule has 0 saturated carbocycles. The summed E-state index contributed by atoms with van der Waals surface area (Å²) in [6, 6.07) is 67.8. The van der Waals surface area contributed by atoms with Crippen molar-refractivity contribution in [3.63, 3.8) is 0 Å². The van der Waals surface area contributed by atoms with Gasteiger partial charge in [-0.15, -0.1) is 22.7 Å². The number of aromatic nitrogens is 2.